The van der Waals surface area contributed by atoms with Crippen molar-refractivity contribution in [2.24, 2.45) is 7.05 Å². The molecule has 0 radical (unpaired) electrons. The molecule has 0 aliphatic rings. The Kier molecular flexibility index (Phi) is 3.28. The molecule has 0 fully saturated rings. The van der Waals surface area contributed by atoms with Crippen LogP contribution < -0.4 is 5.32 Å². The fourth-order valence-electron chi connectivity index (χ4n) is 1.07. The molecule has 1 atom stereocenters. The molecule has 1 aromatic heterocycles. The zero-order valence-corrected chi connectivity index (χ0v) is 9.16. The third-order valence-electron chi connectivity index (χ3n) is 2.34. The van der Waals surface area contributed by atoms with Crippen LogP contribution >= 0.6 is 0 Å². The first-order chi connectivity index (χ1) is 6.54. The molecule has 1 aromatic rings. The topological polar surface area (TPSA) is 46.9 Å². The van der Waals surface area contributed by atoms with Gasteiger partial charge in [0, 0.05) is 18.8 Å². The molecule has 0 bridgehead atoms. The van der Waals surface area contributed by atoms with Crippen molar-refractivity contribution < 1.29 is 4.79 Å². The van der Waals surface area contributed by atoms with Crippen molar-refractivity contribution in [2.45, 2.75) is 33.2 Å². The fourth-order valence-corrected chi connectivity index (χ4v) is 1.07. The fraction of sp³-hybridized carbons (Fsp3) is 0.600. The first-order valence-corrected chi connectivity index (χ1v) is 4.86. The second-order valence-corrected chi connectivity index (χ2v) is 3.58. The van der Waals surface area contributed by atoms with Gasteiger partial charge in [-0.1, -0.05) is 6.92 Å². The van der Waals surface area contributed by atoms with E-state index in [1.54, 1.807) is 10.7 Å². The van der Waals surface area contributed by atoms with E-state index in [4.69, 9.17) is 0 Å². The van der Waals surface area contributed by atoms with E-state index >= 15 is 0 Å². The Bertz CT molecular complexity index is 311. The first kappa shape index (κ1) is 10.8. The highest BCUT2D eigenvalue weighted by atomic mass is 16.2. The van der Waals surface area contributed by atoms with Crippen LogP contribution in [-0.2, 0) is 7.05 Å². The van der Waals surface area contributed by atoms with Gasteiger partial charge in [-0.15, -0.1) is 0 Å². The molecular formula is C10H17N3O. The molecule has 78 valence electrons. The van der Waals surface area contributed by atoms with Gasteiger partial charge in [0.1, 0.15) is 5.69 Å². The van der Waals surface area contributed by atoms with Crippen LogP contribution in [0, 0.1) is 6.92 Å². The van der Waals surface area contributed by atoms with Gasteiger partial charge in [0.15, 0.2) is 0 Å². The summed E-state index contributed by atoms with van der Waals surface area (Å²) in [6, 6.07) is 1.99. The average Bonchev–Trinajstić information content (AvgIpc) is 2.47. The monoisotopic (exact) mass is 195 g/mol. The van der Waals surface area contributed by atoms with Gasteiger partial charge in [0.05, 0.1) is 0 Å². The molecule has 1 rings (SSSR count). The summed E-state index contributed by atoms with van der Waals surface area (Å²) >= 11 is 0. The zero-order valence-electron chi connectivity index (χ0n) is 9.16. The Balaban J connectivity index is 2.70. The predicted octanol–water partition coefficient (Wildman–Crippen LogP) is 1.26. The summed E-state index contributed by atoms with van der Waals surface area (Å²) in [6.07, 6.45) is 0.928. The Morgan fingerprint density at radius 1 is 1.71 bits per heavy atom. The number of nitrogens with one attached hydrogen (secondary N) is 1. The van der Waals surface area contributed by atoms with Crippen LogP contribution in [0.4, 0.5) is 0 Å². The quantitative estimate of drug-likeness (QED) is 0.789. The molecular weight excluding hydrogens is 178 g/mol. The van der Waals surface area contributed by atoms with E-state index in [0.717, 1.165) is 12.1 Å². The summed E-state index contributed by atoms with van der Waals surface area (Å²) in [5.74, 6) is -0.0944. The molecule has 1 heterocycles. The van der Waals surface area contributed by atoms with Crippen LogP contribution in [0.5, 0.6) is 0 Å². The van der Waals surface area contributed by atoms with E-state index < -0.39 is 0 Å². The van der Waals surface area contributed by atoms with Crippen molar-refractivity contribution in [1.82, 2.24) is 15.1 Å². The standard InChI is InChI=1S/C10H17N3O/c1-5-7(2)11-10(14)9-6-8(3)13(4)12-9/h6-7H,5H2,1-4H3,(H,11,14). The summed E-state index contributed by atoms with van der Waals surface area (Å²) in [4.78, 5) is 11.6. The highest BCUT2D eigenvalue weighted by Crippen LogP contribution is 2.01. The summed E-state index contributed by atoms with van der Waals surface area (Å²) < 4.78 is 1.70. The third-order valence-corrected chi connectivity index (χ3v) is 2.34. The molecule has 0 aromatic carbocycles. The molecule has 0 saturated heterocycles. The molecule has 0 aliphatic carbocycles. The second-order valence-electron chi connectivity index (χ2n) is 3.58. The summed E-state index contributed by atoms with van der Waals surface area (Å²) in [5.41, 5.74) is 1.48. The van der Waals surface area contributed by atoms with Crippen molar-refractivity contribution >= 4 is 5.91 Å². The maximum Gasteiger partial charge on any atom is 0.271 e. The number of amides is 1. The third kappa shape index (κ3) is 2.34. The number of carbonyl (C=O) groups excluding carboxylic acids is 1. The smallest absolute Gasteiger partial charge is 0.271 e. The minimum absolute atomic E-state index is 0.0944. The lowest BCUT2D eigenvalue weighted by atomic mass is 10.2. The number of aryl methyl sites for hydroxylation is 2. The highest BCUT2D eigenvalue weighted by Gasteiger charge is 2.12. The summed E-state index contributed by atoms with van der Waals surface area (Å²) in [7, 11) is 1.83. The second kappa shape index (κ2) is 4.26. The molecule has 0 saturated carbocycles. The molecule has 1 unspecified atom stereocenters. The van der Waals surface area contributed by atoms with Gasteiger partial charge in [-0.2, -0.15) is 5.10 Å². The molecule has 4 heteroatoms. The van der Waals surface area contributed by atoms with Crippen LogP contribution in [0.1, 0.15) is 36.5 Å². The van der Waals surface area contributed by atoms with Crippen molar-refractivity contribution in [1.29, 1.82) is 0 Å². The van der Waals surface area contributed by atoms with Gasteiger partial charge in [0.25, 0.3) is 5.91 Å². The van der Waals surface area contributed by atoms with Gasteiger partial charge < -0.3 is 5.32 Å². The lowest BCUT2D eigenvalue weighted by Gasteiger charge is -2.09. The Labute approximate surface area is 84.3 Å². The summed E-state index contributed by atoms with van der Waals surface area (Å²) in [5, 5.41) is 6.97. The minimum Gasteiger partial charge on any atom is -0.348 e. The molecule has 14 heavy (non-hydrogen) atoms. The molecule has 1 N–H and O–H groups in total. The Hall–Kier alpha value is -1.32. The van der Waals surface area contributed by atoms with Crippen LogP contribution in [0.15, 0.2) is 6.07 Å². The van der Waals surface area contributed by atoms with Gasteiger partial charge >= 0.3 is 0 Å². The van der Waals surface area contributed by atoms with E-state index in [-0.39, 0.29) is 11.9 Å². The predicted molar refractivity (Wildman–Crippen MR) is 55.2 cm³/mol. The lowest BCUT2D eigenvalue weighted by molar-refractivity contribution is 0.0933. The molecule has 4 nitrogen and oxygen atoms in total. The summed E-state index contributed by atoms with van der Waals surface area (Å²) in [6.45, 7) is 5.94. The Morgan fingerprint density at radius 2 is 2.36 bits per heavy atom. The van der Waals surface area contributed by atoms with Crippen LogP contribution in [-0.4, -0.2) is 21.7 Å². The largest absolute Gasteiger partial charge is 0.348 e. The number of rotatable bonds is 3. The maximum atomic E-state index is 11.6. The van der Waals surface area contributed by atoms with Crippen molar-refractivity contribution in [3.05, 3.63) is 17.5 Å². The van der Waals surface area contributed by atoms with E-state index in [0.29, 0.717) is 5.69 Å². The van der Waals surface area contributed by atoms with Crippen molar-refractivity contribution in [2.75, 3.05) is 0 Å². The normalized spacial score (nSPS) is 12.6. The van der Waals surface area contributed by atoms with Gasteiger partial charge in [0.2, 0.25) is 0 Å². The van der Waals surface area contributed by atoms with E-state index in [1.807, 2.05) is 27.8 Å². The number of carbonyl (C=O) groups is 1. The number of hydrogen-bond acceptors (Lipinski definition) is 2. The van der Waals surface area contributed by atoms with Crippen molar-refractivity contribution in [3.8, 4) is 0 Å². The van der Waals surface area contributed by atoms with E-state index in [9.17, 15) is 4.79 Å². The SMILES string of the molecule is CCC(C)NC(=O)c1cc(C)n(C)n1. The zero-order chi connectivity index (χ0) is 10.7. The molecule has 1 amide bonds. The van der Waals surface area contributed by atoms with Crippen LogP contribution in [0.3, 0.4) is 0 Å². The van der Waals surface area contributed by atoms with Crippen molar-refractivity contribution in [3.63, 3.8) is 0 Å². The number of nitrogens with zero attached hydrogens (tertiary/aromatic N) is 2. The molecule has 0 aliphatic heterocycles. The van der Waals surface area contributed by atoms with Crippen LogP contribution in [0.25, 0.3) is 0 Å². The highest BCUT2D eigenvalue weighted by molar-refractivity contribution is 5.92. The van der Waals surface area contributed by atoms with E-state index in [2.05, 4.69) is 10.4 Å². The van der Waals surface area contributed by atoms with Crippen LogP contribution in [0.2, 0.25) is 0 Å². The number of hydrogen-bond donors (Lipinski definition) is 1. The Morgan fingerprint density at radius 3 is 2.79 bits per heavy atom. The van der Waals surface area contributed by atoms with Gasteiger partial charge in [-0.05, 0) is 26.3 Å². The average molecular weight is 195 g/mol. The van der Waals surface area contributed by atoms with Gasteiger partial charge in [-0.3, -0.25) is 9.48 Å². The first-order valence-electron chi connectivity index (χ1n) is 4.86. The lowest BCUT2D eigenvalue weighted by Crippen LogP contribution is -2.32. The molecule has 0 spiro atoms. The van der Waals surface area contributed by atoms with E-state index in [1.165, 1.54) is 0 Å². The van der Waals surface area contributed by atoms with Gasteiger partial charge in [-0.25, -0.2) is 0 Å². The minimum atomic E-state index is -0.0944. The number of aromatic nitrogens is 2. The maximum absolute atomic E-state index is 11.6.